The Kier molecular flexibility index (Phi) is 4.62. The number of carbonyl (C=O) groups is 1. The molecule has 0 aliphatic heterocycles. The second-order valence-corrected chi connectivity index (χ2v) is 5.99. The Bertz CT molecular complexity index is 422. The summed E-state index contributed by atoms with van der Waals surface area (Å²) in [6, 6.07) is 6.21. The first-order chi connectivity index (χ1) is 9.08. The molecule has 0 amide bonds. The second-order valence-electron chi connectivity index (χ2n) is 5.99. The average molecular weight is 260 g/mol. The van der Waals surface area contributed by atoms with Crippen LogP contribution in [0.4, 0.5) is 0 Å². The molecule has 1 atom stereocenters. The van der Waals surface area contributed by atoms with Crippen molar-refractivity contribution in [2.24, 2.45) is 5.92 Å². The summed E-state index contributed by atoms with van der Waals surface area (Å²) in [4.78, 5) is 11.7. The molecule has 2 rings (SSSR count). The smallest absolute Gasteiger partial charge is 0.311 e. The van der Waals surface area contributed by atoms with Crippen LogP contribution in [0, 0.1) is 19.8 Å². The van der Waals surface area contributed by atoms with Gasteiger partial charge in [0.25, 0.3) is 0 Å². The van der Waals surface area contributed by atoms with Gasteiger partial charge in [-0.2, -0.15) is 0 Å². The van der Waals surface area contributed by atoms with Gasteiger partial charge in [0, 0.05) is 0 Å². The molecule has 1 N–H and O–H groups in total. The van der Waals surface area contributed by atoms with E-state index in [1.165, 1.54) is 25.7 Å². The Morgan fingerprint density at radius 3 is 2.05 bits per heavy atom. The SMILES string of the molecule is Cc1cc(C)cc(C(C(=O)O)C2CCCCCC2)c1. The summed E-state index contributed by atoms with van der Waals surface area (Å²) in [6.07, 6.45) is 7.00. The highest BCUT2D eigenvalue weighted by atomic mass is 16.4. The van der Waals surface area contributed by atoms with Crippen LogP contribution in [-0.2, 0) is 4.79 Å². The molecule has 1 aromatic carbocycles. The molecule has 2 nitrogen and oxygen atoms in total. The largest absolute Gasteiger partial charge is 0.481 e. The zero-order valence-corrected chi connectivity index (χ0v) is 12.0. The number of aryl methyl sites for hydroxylation is 2. The molecule has 104 valence electrons. The summed E-state index contributed by atoms with van der Waals surface area (Å²) < 4.78 is 0. The number of carboxylic acids is 1. The van der Waals surface area contributed by atoms with Crippen LogP contribution in [0.15, 0.2) is 18.2 Å². The van der Waals surface area contributed by atoms with Gasteiger partial charge in [0.2, 0.25) is 0 Å². The van der Waals surface area contributed by atoms with Crippen LogP contribution < -0.4 is 0 Å². The zero-order valence-electron chi connectivity index (χ0n) is 12.0. The molecular weight excluding hydrogens is 236 g/mol. The van der Waals surface area contributed by atoms with Crippen molar-refractivity contribution >= 4 is 5.97 Å². The molecule has 1 fully saturated rings. The summed E-state index contributed by atoms with van der Waals surface area (Å²) in [5, 5.41) is 9.65. The van der Waals surface area contributed by atoms with Crippen molar-refractivity contribution in [3.05, 3.63) is 34.9 Å². The Morgan fingerprint density at radius 2 is 1.58 bits per heavy atom. The maximum Gasteiger partial charge on any atom is 0.311 e. The number of rotatable bonds is 3. The van der Waals surface area contributed by atoms with Gasteiger partial charge in [-0.3, -0.25) is 4.79 Å². The highest BCUT2D eigenvalue weighted by Gasteiger charge is 2.30. The Balaban J connectivity index is 2.30. The van der Waals surface area contributed by atoms with E-state index < -0.39 is 5.97 Å². The van der Waals surface area contributed by atoms with E-state index in [0.717, 1.165) is 29.5 Å². The van der Waals surface area contributed by atoms with Gasteiger partial charge in [-0.05, 0) is 38.2 Å². The summed E-state index contributed by atoms with van der Waals surface area (Å²) in [5.41, 5.74) is 3.32. The molecule has 19 heavy (non-hydrogen) atoms. The van der Waals surface area contributed by atoms with E-state index in [0.29, 0.717) is 5.92 Å². The van der Waals surface area contributed by atoms with Gasteiger partial charge < -0.3 is 5.11 Å². The van der Waals surface area contributed by atoms with Crippen molar-refractivity contribution in [3.8, 4) is 0 Å². The van der Waals surface area contributed by atoms with Crippen LogP contribution in [0.5, 0.6) is 0 Å². The molecule has 0 aromatic heterocycles. The normalized spacial score (nSPS) is 18.8. The molecular formula is C17H24O2. The summed E-state index contributed by atoms with van der Waals surface area (Å²) in [6.45, 7) is 4.09. The van der Waals surface area contributed by atoms with Crippen molar-refractivity contribution in [2.45, 2.75) is 58.3 Å². The first-order valence-electron chi connectivity index (χ1n) is 7.39. The van der Waals surface area contributed by atoms with E-state index in [9.17, 15) is 9.90 Å². The Morgan fingerprint density at radius 1 is 1.05 bits per heavy atom. The summed E-state index contributed by atoms with van der Waals surface area (Å²) in [5.74, 6) is -0.671. The Hall–Kier alpha value is -1.31. The lowest BCUT2D eigenvalue weighted by Gasteiger charge is -2.23. The third kappa shape index (κ3) is 3.59. The van der Waals surface area contributed by atoms with Gasteiger partial charge in [-0.15, -0.1) is 0 Å². The fraction of sp³-hybridized carbons (Fsp3) is 0.588. The third-order valence-electron chi connectivity index (χ3n) is 4.24. The quantitative estimate of drug-likeness (QED) is 0.816. The van der Waals surface area contributed by atoms with E-state index in [2.05, 4.69) is 18.2 Å². The van der Waals surface area contributed by atoms with Gasteiger partial charge in [0.15, 0.2) is 0 Å². The lowest BCUT2D eigenvalue weighted by molar-refractivity contribution is -0.140. The topological polar surface area (TPSA) is 37.3 Å². The van der Waals surface area contributed by atoms with Crippen LogP contribution in [0.1, 0.15) is 61.1 Å². The molecule has 1 aromatic rings. The standard InChI is InChI=1S/C17H24O2/c1-12-9-13(2)11-15(10-12)16(17(18)19)14-7-5-3-4-6-8-14/h9-11,14,16H,3-8H2,1-2H3,(H,18,19). The van der Waals surface area contributed by atoms with Gasteiger partial charge >= 0.3 is 5.97 Å². The first kappa shape index (κ1) is 14.1. The lowest BCUT2D eigenvalue weighted by Crippen LogP contribution is -2.21. The molecule has 2 heteroatoms. The zero-order chi connectivity index (χ0) is 13.8. The third-order valence-corrected chi connectivity index (χ3v) is 4.24. The second kappa shape index (κ2) is 6.23. The van der Waals surface area contributed by atoms with E-state index in [4.69, 9.17) is 0 Å². The van der Waals surface area contributed by atoms with Crippen molar-refractivity contribution in [2.75, 3.05) is 0 Å². The van der Waals surface area contributed by atoms with Gasteiger partial charge in [-0.1, -0.05) is 55.0 Å². The van der Waals surface area contributed by atoms with Crippen LogP contribution in [-0.4, -0.2) is 11.1 Å². The highest BCUT2D eigenvalue weighted by molar-refractivity contribution is 5.76. The van der Waals surface area contributed by atoms with Gasteiger partial charge in [-0.25, -0.2) is 0 Å². The molecule has 1 aliphatic carbocycles. The number of hydrogen-bond acceptors (Lipinski definition) is 1. The molecule has 0 saturated heterocycles. The molecule has 0 heterocycles. The molecule has 0 spiro atoms. The van der Waals surface area contributed by atoms with Crippen LogP contribution in [0.25, 0.3) is 0 Å². The molecule has 0 radical (unpaired) electrons. The van der Waals surface area contributed by atoms with E-state index in [-0.39, 0.29) is 5.92 Å². The fourth-order valence-electron chi connectivity index (χ4n) is 3.45. The summed E-state index contributed by atoms with van der Waals surface area (Å²) >= 11 is 0. The van der Waals surface area contributed by atoms with E-state index >= 15 is 0 Å². The van der Waals surface area contributed by atoms with E-state index in [1.54, 1.807) is 0 Å². The molecule has 1 unspecified atom stereocenters. The predicted molar refractivity (Wildman–Crippen MR) is 77.5 cm³/mol. The molecule has 1 saturated carbocycles. The van der Waals surface area contributed by atoms with Crippen molar-refractivity contribution in [1.82, 2.24) is 0 Å². The number of carboxylic acid groups (broad SMARTS) is 1. The predicted octanol–water partition coefficient (Wildman–Crippen LogP) is 4.44. The van der Waals surface area contributed by atoms with Crippen molar-refractivity contribution < 1.29 is 9.90 Å². The van der Waals surface area contributed by atoms with Crippen molar-refractivity contribution in [3.63, 3.8) is 0 Å². The lowest BCUT2D eigenvalue weighted by atomic mass is 9.80. The maximum atomic E-state index is 11.7. The van der Waals surface area contributed by atoms with Crippen LogP contribution >= 0.6 is 0 Å². The minimum atomic E-state index is -0.656. The van der Waals surface area contributed by atoms with Gasteiger partial charge in [0.05, 0.1) is 5.92 Å². The van der Waals surface area contributed by atoms with Crippen LogP contribution in [0.2, 0.25) is 0 Å². The summed E-state index contributed by atoms with van der Waals surface area (Å²) in [7, 11) is 0. The highest BCUT2D eigenvalue weighted by Crippen LogP contribution is 2.36. The molecule has 1 aliphatic rings. The Labute approximate surface area is 115 Å². The van der Waals surface area contributed by atoms with E-state index in [1.807, 2.05) is 13.8 Å². The number of hydrogen-bond donors (Lipinski definition) is 1. The fourth-order valence-corrected chi connectivity index (χ4v) is 3.45. The maximum absolute atomic E-state index is 11.7. The van der Waals surface area contributed by atoms with Gasteiger partial charge in [0.1, 0.15) is 0 Å². The monoisotopic (exact) mass is 260 g/mol. The first-order valence-corrected chi connectivity index (χ1v) is 7.39. The molecule has 0 bridgehead atoms. The van der Waals surface area contributed by atoms with Crippen molar-refractivity contribution in [1.29, 1.82) is 0 Å². The number of benzene rings is 1. The minimum absolute atomic E-state index is 0.307. The average Bonchev–Trinajstić information content (AvgIpc) is 2.56. The van der Waals surface area contributed by atoms with Crippen LogP contribution in [0.3, 0.4) is 0 Å². The minimum Gasteiger partial charge on any atom is -0.481 e. The number of aliphatic carboxylic acids is 1.